The molecule has 1 aliphatic carbocycles. The predicted molar refractivity (Wildman–Crippen MR) is 73.7 cm³/mol. The van der Waals surface area contributed by atoms with Crippen LogP contribution in [-0.2, 0) is 9.59 Å². The van der Waals surface area contributed by atoms with Gasteiger partial charge < -0.3 is 14.9 Å². The molecule has 2 fully saturated rings. The van der Waals surface area contributed by atoms with Gasteiger partial charge in [-0.15, -0.1) is 0 Å². The van der Waals surface area contributed by atoms with Crippen LogP contribution in [0.3, 0.4) is 0 Å². The number of fused-ring (bicyclic) bond motifs is 1. The van der Waals surface area contributed by atoms with Crippen LogP contribution in [0.4, 0.5) is 5.82 Å². The highest BCUT2D eigenvalue weighted by atomic mass is 16.5. The van der Waals surface area contributed by atoms with E-state index in [0.29, 0.717) is 24.0 Å². The van der Waals surface area contributed by atoms with Crippen molar-refractivity contribution in [1.29, 1.82) is 0 Å². The van der Waals surface area contributed by atoms with Crippen LogP contribution in [0.5, 0.6) is 0 Å². The molecule has 7 nitrogen and oxygen atoms in total. The molecule has 2 heterocycles. The number of carbonyl (C=O) groups is 2. The fourth-order valence-electron chi connectivity index (χ4n) is 3.69. The molecule has 0 radical (unpaired) electrons. The molecule has 0 bridgehead atoms. The number of amides is 1. The van der Waals surface area contributed by atoms with E-state index in [-0.39, 0.29) is 18.4 Å². The van der Waals surface area contributed by atoms with Gasteiger partial charge >= 0.3 is 5.97 Å². The molecule has 1 saturated carbocycles. The summed E-state index contributed by atoms with van der Waals surface area (Å²) in [5.41, 5.74) is 0. The number of rotatable bonds is 4. The summed E-state index contributed by atoms with van der Waals surface area (Å²) in [6.07, 6.45) is 3.11. The van der Waals surface area contributed by atoms with Crippen molar-refractivity contribution in [3.63, 3.8) is 0 Å². The molecule has 1 aromatic heterocycles. The van der Waals surface area contributed by atoms with Crippen molar-refractivity contribution in [1.82, 2.24) is 10.1 Å². The predicted octanol–water partition coefficient (Wildman–Crippen LogP) is 1.11. The first-order valence-electron chi connectivity index (χ1n) is 7.24. The molecule has 2 N–H and O–H groups in total. The Hall–Kier alpha value is -1.89. The van der Waals surface area contributed by atoms with Crippen LogP contribution >= 0.6 is 0 Å². The topological polar surface area (TPSA) is 95.7 Å². The standard InChI is InChI=1S/C14H19N3O4/c1-8-5-11(16-21-8)15-12(18)7-17-6-9-3-2-4-10(9)13(17)14(19)20/h5,9-10,13H,2-4,6-7H2,1H3,(H,19,20)(H,15,16,18). The quantitative estimate of drug-likeness (QED) is 0.863. The SMILES string of the molecule is Cc1cc(NC(=O)CN2CC3CCCC3C2C(=O)O)no1. The Bertz CT molecular complexity index is 556. The van der Waals surface area contributed by atoms with Gasteiger partial charge in [0.15, 0.2) is 5.82 Å². The molecular formula is C14H19N3O4. The van der Waals surface area contributed by atoms with E-state index in [1.54, 1.807) is 17.9 Å². The van der Waals surface area contributed by atoms with E-state index in [4.69, 9.17) is 4.52 Å². The zero-order chi connectivity index (χ0) is 15.0. The van der Waals surface area contributed by atoms with Gasteiger partial charge in [-0.1, -0.05) is 11.6 Å². The van der Waals surface area contributed by atoms with Crippen molar-refractivity contribution in [2.45, 2.75) is 32.2 Å². The smallest absolute Gasteiger partial charge is 0.321 e. The van der Waals surface area contributed by atoms with E-state index in [1.807, 2.05) is 0 Å². The van der Waals surface area contributed by atoms with Crippen molar-refractivity contribution in [2.24, 2.45) is 11.8 Å². The molecule has 3 unspecified atom stereocenters. The van der Waals surface area contributed by atoms with Crippen molar-refractivity contribution in [2.75, 3.05) is 18.4 Å². The number of hydrogen-bond acceptors (Lipinski definition) is 5. The number of anilines is 1. The molecule has 21 heavy (non-hydrogen) atoms. The van der Waals surface area contributed by atoms with E-state index >= 15 is 0 Å². The van der Waals surface area contributed by atoms with E-state index in [1.165, 1.54) is 0 Å². The molecule has 3 atom stereocenters. The number of aromatic nitrogens is 1. The lowest BCUT2D eigenvalue weighted by Gasteiger charge is -2.23. The molecule has 1 saturated heterocycles. The zero-order valence-electron chi connectivity index (χ0n) is 11.9. The number of nitrogens with zero attached hydrogens (tertiary/aromatic N) is 2. The molecular weight excluding hydrogens is 274 g/mol. The molecule has 0 aromatic carbocycles. The Balaban J connectivity index is 1.63. The summed E-state index contributed by atoms with van der Waals surface area (Å²) in [6.45, 7) is 2.51. The Morgan fingerprint density at radius 2 is 2.33 bits per heavy atom. The summed E-state index contributed by atoms with van der Waals surface area (Å²) >= 11 is 0. The first-order chi connectivity index (χ1) is 10.0. The number of likely N-dealkylation sites (tertiary alicyclic amines) is 1. The van der Waals surface area contributed by atoms with Crippen LogP contribution in [-0.4, -0.2) is 46.2 Å². The van der Waals surface area contributed by atoms with Crippen molar-refractivity contribution in [3.8, 4) is 0 Å². The average molecular weight is 293 g/mol. The largest absolute Gasteiger partial charge is 0.480 e. The molecule has 7 heteroatoms. The maximum absolute atomic E-state index is 12.0. The fourth-order valence-corrected chi connectivity index (χ4v) is 3.69. The highest BCUT2D eigenvalue weighted by Crippen LogP contribution is 2.42. The van der Waals surface area contributed by atoms with Gasteiger partial charge in [-0.05, 0) is 31.6 Å². The number of aryl methyl sites for hydroxylation is 1. The Kier molecular flexibility index (Phi) is 3.67. The van der Waals surface area contributed by atoms with Gasteiger partial charge in [0, 0.05) is 12.6 Å². The molecule has 1 aromatic rings. The highest BCUT2D eigenvalue weighted by Gasteiger charge is 2.47. The summed E-state index contributed by atoms with van der Waals surface area (Å²) in [7, 11) is 0. The van der Waals surface area contributed by atoms with Gasteiger partial charge in [0.1, 0.15) is 11.8 Å². The second-order valence-corrected chi connectivity index (χ2v) is 5.94. The van der Waals surface area contributed by atoms with Gasteiger partial charge in [-0.2, -0.15) is 0 Å². The average Bonchev–Trinajstić information content (AvgIpc) is 3.04. The van der Waals surface area contributed by atoms with E-state index in [2.05, 4.69) is 10.5 Å². The van der Waals surface area contributed by atoms with Crippen LogP contribution in [0, 0.1) is 18.8 Å². The molecule has 2 aliphatic rings. The van der Waals surface area contributed by atoms with Crippen LogP contribution in [0.2, 0.25) is 0 Å². The summed E-state index contributed by atoms with van der Waals surface area (Å²) in [6, 6.07) is 1.09. The minimum atomic E-state index is -0.825. The van der Waals surface area contributed by atoms with Crippen LogP contribution in [0.1, 0.15) is 25.0 Å². The summed E-state index contributed by atoms with van der Waals surface area (Å²) in [5, 5.41) is 15.8. The number of carbonyl (C=O) groups excluding carboxylic acids is 1. The van der Waals surface area contributed by atoms with E-state index < -0.39 is 12.0 Å². The zero-order valence-corrected chi connectivity index (χ0v) is 11.9. The number of hydrogen-bond donors (Lipinski definition) is 2. The van der Waals surface area contributed by atoms with Gasteiger partial charge in [-0.25, -0.2) is 0 Å². The summed E-state index contributed by atoms with van der Waals surface area (Å²) in [5.74, 6) is 0.495. The van der Waals surface area contributed by atoms with Crippen molar-refractivity contribution in [3.05, 3.63) is 11.8 Å². The lowest BCUT2D eigenvalue weighted by atomic mass is 9.94. The van der Waals surface area contributed by atoms with Crippen molar-refractivity contribution >= 4 is 17.7 Å². The lowest BCUT2D eigenvalue weighted by molar-refractivity contribution is -0.143. The first-order valence-corrected chi connectivity index (χ1v) is 7.24. The maximum atomic E-state index is 12.0. The maximum Gasteiger partial charge on any atom is 0.321 e. The third kappa shape index (κ3) is 2.78. The Morgan fingerprint density at radius 1 is 1.52 bits per heavy atom. The Labute approximate surface area is 122 Å². The molecule has 1 aliphatic heterocycles. The molecule has 1 amide bonds. The highest BCUT2D eigenvalue weighted by molar-refractivity contribution is 5.91. The molecule has 114 valence electrons. The fraction of sp³-hybridized carbons (Fsp3) is 0.643. The number of carboxylic acid groups (broad SMARTS) is 1. The number of carboxylic acids is 1. The third-order valence-electron chi connectivity index (χ3n) is 4.48. The van der Waals surface area contributed by atoms with Gasteiger partial charge in [0.25, 0.3) is 0 Å². The van der Waals surface area contributed by atoms with Crippen LogP contribution in [0.25, 0.3) is 0 Å². The number of aliphatic carboxylic acids is 1. The van der Waals surface area contributed by atoms with Crippen molar-refractivity contribution < 1.29 is 19.2 Å². The minimum Gasteiger partial charge on any atom is -0.480 e. The summed E-state index contributed by atoms with van der Waals surface area (Å²) < 4.78 is 4.88. The third-order valence-corrected chi connectivity index (χ3v) is 4.48. The first kappa shape index (κ1) is 14.1. The van der Waals surface area contributed by atoms with Gasteiger partial charge in [0.2, 0.25) is 5.91 Å². The second kappa shape index (κ2) is 5.48. The molecule has 0 spiro atoms. The minimum absolute atomic E-state index is 0.0792. The summed E-state index contributed by atoms with van der Waals surface area (Å²) in [4.78, 5) is 25.3. The van der Waals surface area contributed by atoms with E-state index in [0.717, 1.165) is 19.3 Å². The van der Waals surface area contributed by atoms with Gasteiger partial charge in [-0.3, -0.25) is 14.5 Å². The van der Waals surface area contributed by atoms with E-state index in [9.17, 15) is 14.7 Å². The number of nitrogens with one attached hydrogen (secondary N) is 1. The van der Waals surface area contributed by atoms with Crippen LogP contribution in [0.15, 0.2) is 10.6 Å². The monoisotopic (exact) mass is 293 g/mol. The van der Waals surface area contributed by atoms with Crippen LogP contribution < -0.4 is 5.32 Å². The lowest BCUT2D eigenvalue weighted by Crippen LogP contribution is -2.43. The Morgan fingerprint density at radius 3 is 3.00 bits per heavy atom. The molecule has 3 rings (SSSR count). The normalized spacial score (nSPS) is 28.5. The second-order valence-electron chi connectivity index (χ2n) is 5.94. The van der Waals surface area contributed by atoms with Gasteiger partial charge in [0.05, 0.1) is 6.54 Å².